The Morgan fingerprint density at radius 1 is 1.07 bits per heavy atom. The van der Waals surface area contributed by atoms with Crippen LogP contribution in [0.25, 0.3) is 0 Å². The summed E-state index contributed by atoms with van der Waals surface area (Å²) in [5.74, 6) is 0.664. The number of amides is 2. The Bertz CT molecular complexity index is 816. The van der Waals surface area contributed by atoms with Gasteiger partial charge >= 0.3 is 6.03 Å². The van der Waals surface area contributed by atoms with E-state index in [1.54, 1.807) is 7.11 Å². The van der Waals surface area contributed by atoms with Crippen LogP contribution in [0.15, 0.2) is 42.5 Å². The largest absolute Gasteiger partial charge is 0.495 e. The van der Waals surface area contributed by atoms with E-state index in [0.29, 0.717) is 18.0 Å². The third kappa shape index (κ3) is 5.87. The predicted octanol–water partition coefficient (Wildman–Crippen LogP) is 3.65. The molecule has 0 unspecified atom stereocenters. The van der Waals surface area contributed by atoms with Crippen molar-refractivity contribution < 1.29 is 9.53 Å². The summed E-state index contributed by atoms with van der Waals surface area (Å²) >= 11 is 0. The molecule has 2 amide bonds. The number of hydrogen-bond donors (Lipinski definition) is 2. The highest BCUT2D eigenvalue weighted by atomic mass is 16.5. The van der Waals surface area contributed by atoms with Gasteiger partial charge < -0.3 is 20.3 Å². The van der Waals surface area contributed by atoms with Gasteiger partial charge in [0.2, 0.25) is 0 Å². The van der Waals surface area contributed by atoms with Gasteiger partial charge in [-0.2, -0.15) is 0 Å². The van der Waals surface area contributed by atoms with Gasteiger partial charge in [-0.25, -0.2) is 4.79 Å². The molecule has 6 nitrogen and oxygen atoms in total. The minimum Gasteiger partial charge on any atom is -0.495 e. The Balaban J connectivity index is 1.36. The van der Waals surface area contributed by atoms with Crippen molar-refractivity contribution in [3.63, 3.8) is 0 Å². The van der Waals surface area contributed by atoms with Crippen LogP contribution < -0.4 is 20.3 Å². The van der Waals surface area contributed by atoms with E-state index < -0.39 is 0 Å². The van der Waals surface area contributed by atoms with Crippen molar-refractivity contribution in [2.75, 3.05) is 56.6 Å². The van der Waals surface area contributed by atoms with E-state index in [9.17, 15) is 4.79 Å². The number of piperazine rings is 1. The molecule has 3 rings (SSSR count). The molecule has 1 aliphatic heterocycles. The number of nitrogens with zero attached hydrogens (tertiary/aromatic N) is 2. The molecule has 1 fully saturated rings. The second-order valence-corrected chi connectivity index (χ2v) is 7.55. The first kappa shape index (κ1) is 21.0. The maximum atomic E-state index is 12.2. The number of rotatable bonds is 7. The van der Waals surface area contributed by atoms with Crippen LogP contribution in [0.4, 0.5) is 16.2 Å². The molecule has 2 aromatic carbocycles. The summed E-state index contributed by atoms with van der Waals surface area (Å²) in [6.07, 6.45) is 0.933. The van der Waals surface area contributed by atoms with Gasteiger partial charge in [0.1, 0.15) is 5.75 Å². The molecule has 0 bridgehead atoms. The molecule has 0 radical (unpaired) electrons. The van der Waals surface area contributed by atoms with Crippen molar-refractivity contribution in [2.45, 2.75) is 20.3 Å². The number of benzene rings is 2. The first-order valence-corrected chi connectivity index (χ1v) is 10.3. The second-order valence-electron chi connectivity index (χ2n) is 7.55. The van der Waals surface area contributed by atoms with E-state index in [0.717, 1.165) is 44.7 Å². The van der Waals surface area contributed by atoms with Gasteiger partial charge in [0.05, 0.1) is 12.8 Å². The van der Waals surface area contributed by atoms with E-state index in [2.05, 4.69) is 51.6 Å². The number of carbonyl (C=O) groups excluding carboxylic acids is 1. The highest BCUT2D eigenvalue weighted by Crippen LogP contribution is 2.25. The van der Waals surface area contributed by atoms with Gasteiger partial charge in [-0.05, 0) is 56.1 Å². The van der Waals surface area contributed by atoms with Crippen molar-refractivity contribution in [3.05, 3.63) is 53.6 Å². The number of nitrogens with one attached hydrogen (secondary N) is 2. The van der Waals surface area contributed by atoms with Crippen molar-refractivity contribution in [3.8, 4) is 5.75 Å². The Morgan fingerprint density at radius 3 is 2.55 bits per heavy atom. The zero-order valence-electron chi connectivity index (χ0n) is 17.7. The van der Waals surface area contributed by atoms with Gasteiger partial charge in [0.25, 0.3) is 0 Å². The summed E-state index contributed by atoms with van der Waals surface area (Å²) in [7, 11) is 1.60. The minimum atomic E-state index is -0.196. The topological polar surface area (TPSA) is 56.8 Å². The summed E-state index contributed by atoms with van der Waals surface area (Å²) in [5, 5.41) is 5.82. The van der Waals surface area contributed by atoms with Crippen molar-refractivity contribution >= 4 is 17.4 Å². The number of ether oxygens (including phenoxy) is 1. The fourth-order valence-electron chi connectivity index (χ4n) is 3.72. The molecule has 0 spiro atoms. The average Bonchev–Trinajstić information content (AvgIpc) is 2.72. The number of para-hydroxylation sites is 1. The molecule has 1 aliphatic rings. The Kier molecular flexibility index (Phi) is 7.36. The lowest BCUT2D eigenvalue weighted by molar-refractivity contribution is 0.244. The van der Waals surface area contributed by atoms with Crippen LogP contribution in [-0.2, 0) is 0 Å². The summed E-state index contributed by atoms with van der Waals surface area (Å²) in [5.41, 5.74) is 4.45. The Labute approximate surface area is 173 Å². The molecule has 0 atom stereocenters. The van der Waals surface area contributed by atoms with Crippen LogP contribution in [-0.4, -0.2) is 57.3 Å². The highest BCUT2D eigenvalue weighted by molar-refractivity contribution is 5.91. The lowest BCUT2D eigenvalue weighted by atomic mass is 10.1. The van der Waals surface area contributed by atoms with Crippen molar-refractivity contribution in [2.24, 2.45) is 0 Å². The fourth-order valence-corrected chi connectivity index (χ4v) is 3.72. The van der Waals surface area contributed by atoms with Gasteiger partial charge in [-0.15, -0.1) is 0 Å². The van der Waals surface area contributed by atoms with E-state index in [1.165, 1.54) is 11.3 Å². The molecule has 0 aromatic heterocycles. The maximum absolute atomic E-state index is 12.2. The lowest BCUT2D eigenvalue weighted by Gasteiger charge is -2.36. The van der Waals surface area contributed by atoms with Crippen LogP contribution in [0, 0.1) is 13.8 Å². The molecule has 1 saturated heterocycles. The normalized spacial score (nSPS) is 14.5. The maximum Gasteiger partial charge on any atom is 0.319 e. The number of anilines is 2. The second kappa shape index (κ2) is 10.2. The third-order valence-corrected chi connectivity index (χ3v) is 5.37. The third-order valence-electron chi connectivity index (χ3n) is 5.37. The summed E-state index contributed by atoms with van der Waals surface area (Å²) in [4.78, 5) is 17.1. The van der Waals surface area contributed by atoms with E-state index in [1.807, 2.05) is 25.1 Å². The zero-order valence-corrected chi connectivity index (χ0v) is 17.7. The van der Waals surface area contributed by atoms with Gasteiger partial charge in [-0.1, -0.05) is 24.3 Å². The highest BCUT2D eigenvalue weighted by Gasteiger charge is 2.17. The van der Waals surface area contributed by atoms with Crippen LogP contribution in [0.2, 0.25) is 0 Å². The summed E-state index contributed by atoms with van der Waals surface area (Å²) in [6.45, 7) is 10.0. The van der Waals surface area contributed by atoms with Crippen LogP contribution >= 0.6 is 0 Å². The molecular formula is C23H32N4O2. The standard InChI is InChI=1S/C23H32N4O2/c1-18-9-10-22(29-3)20(17-18)25-23(28)24-11-6-12-26-13-15-27(16-14-26)21-8-5-4-7-19(21)2/h4-5,7-10,17H,6,11-16H2,1-3H3,(H2,24,25,28). The molecule has 2 aromatic rings. The predicted molar refractivity (Wildman–Crippen MR) is 119 cm³/mol. The SMILES string of the molecule is COc1ccc(C)cc1NC(=O)NCCCN1CCN(c2ccccc2C)CC1. The smallest absolute Gasteiger partial charge is 0.319 e. The first-order chi connectivity index (χ1) is 14.1. The van der Waals surface area contributed by atoms with E-state index in [4.69, 9.17) is 4.74 Å². The van der Waals surface area contributed by atoms with Crippen molar-refractivity contribution in [1.82, 2.24) is 10.2 Å². The number of methoxy groups -OCH3 is 1. The minimum absolute atomic E-state index is 0.196. The molecule has 0 aliphatic carbocycles. The zero-order chi connectivity index (χ0) is 20.6. The monoisotopic (exact) mass is 396 g/mol. The van der Waals surface area contributed by atoms with Gasteiger partial charge in [0.15, 0.2) is 0 Å². The quantitative estimate of drug-likeness (QED) is 0.702. The molecule has 2 N–H and O–H groups in total. The van der Waals surface area contributed by atoms with E-state index in [-0.39, 0.29) is 6.03 Å². The molecule has 1 heterocycles. The Morgan fingerprint density at radius 2 is 1.83 bits per heavy atom. The lowest BCUT2D eigenvalue weighted by Crippen LogP contribution is -2.47. The Hall–Kier alpha value is -2.73. The number of urea groups is 1. The molecule has 6 heteroatoms. The van der Waals surface area contributed by atoms with Crippen LogP contribution in [0.1, 0.15) is 17.5 Å². The number of aryl methyl sites for hydroxylation is 2. The summed E-state index contributed by atoms with van der Waals surface area (Å²) < 4.78 is 5.30. The molecule has 156 valence electrons. The first-order valence-electron chi connectivity index (χ1n) is 10.3. The number of carbonyl (C=O) groups is 1. The van der Waals surface area contributed by atoms with Crippen LogP contribution in [0.3, 0.4) is 0 Å². The van der Waals surface area contributed by atoms with Crippen molar-refractivity contribution in [1.29, 1.82) is 0 Å². The van der Waals surface area contributed by atoms with Gasteiger partial charge in [0, 0.05) is 38.4 Å². The summed E-state index contributed by atoms with van der Waals surface area (Å²) in [6, 6.07) is 14.1. The van der Waals surface area contributed by atoms with Crippen LogP contribution in [0.5, 0.6) is 5.75 Å². The molecule has 29 heavy (non-hydrogen) atoms. The fraction of sp³-hybridized carbons (Fsp3) is 0.435. The average molecular weight is 397 g/mol. The molecular weight excluding hydrogens is 364 g/mol. The van der Waals surface area contributed by atoms with E-state index >= 15 is 0 Å². The molecule has 0 saturated carbocycles. The van der Waals surface area contributed by atoms with Gasteiger partial charge in [-0.3, -0.25) is 4.90 Å². The number of hydrogen-bond acceptors (Lipinski definition) is 4.